The summed E-state index contributed by atoms with van der Waals surface area (Å²) in [4.78, 5) is 13.4. The first-order valence-electron chi connectivity index (χ1n) is 5.56. The quantitative estimate of drug-likeness (QED) is 0.612. The summed E-state index contributed by atoms with van der Waals surface area (Å²) in [5, 5.41) is 2.76. The van der Waals surface area contributed by atoms with Crippen molar-refractivity contribution in [2.24, 2.45) is 0 Å². The fraction of sp³-hybridized carbons (Fsp3) is 0.417. The molecule has 1 aromatic rings. The lowest BCUT2D eigenvalue weighted by molar-refractivity contribution is -0.119. The minimum atomic E-state index is -0.0612. The maximum absolute atomic E-state index is 11.6. The first kappa shape index (κ1) is 14.8. The summed E-state index contributed by atoms with van der Waals surface area (Å²) in [6.45, 7) is 1.27. The van der Waals surface area contributed by atoms with E-state index in [1.54, 1.807) is 13.2 Å². The van der Waals surface area contributed by atoms with E-state index in [-0.39, 0.29) is 12.5 Å². The highest BCUT2D eigenvalue weighted by Gasteiger charge is 2.10. The van der Waals surface area contributed by atoms with Gasteiger partial charge >= 0.3 is 0 Å². The van der Waals surface area contributed by atoms with Crippen molar-refractivity contribution in [2.45, 2.75) is 0 Å². The number of carbonyl (C=O) groups is 1. The van der Waals surface area contributed by atoms with Crippen LogP contribution in [0, 0.1) is 0 Å². The number of likely N-dealkylation sites (N-methyl/N-ethyl adjacent to an activating group) is 1. The number of nitrogens with one attached hydrogen (secondary N) is 1. The van der Waals surface area contributed by atoms with E-state index in [2.05, 4.69) is 21.2 Å². The van der Waals surface area contributed by atoms with Crippen LogP contribution in [0.4, 0.5) is 11.4 Å². The van der Waals surface area contributed by atoms with E-state index in [9.17, 15) is 4.79 Å². The van der Waals surface area contributed by atoms with E-state index in [0.717, 1.165) is 10.2 Å². The van der Waals surface area contributed by atoms with Crippen molar-refractivity contribution in [3.05, 3.63) is 22.7 Å². The summed E-state index contributed by atoms with van der Waals surface area (Å²) < 4.78 is 5.79. The standard InChI is InChI=1S/C12H18BrN3O2/c1-16(8-12(17)15-5-6-18-2)11-7-9(13)3-4-10(11)14/h3-4,7H,5-6,8,14H2,1-2H3,(H,15,17). The first-order valence-corrected chi connectivity index (χ1v) is 6.35. The lowest BCUT2D eigenvalue weighted by atomic mass is 10.2. The first-order chi connectivity index (χ1) is 8.54. The van der Waals surface area contributed by atoms with Crippen molar-refractivity contribution < 1.29 is 9.53 Å². The Morgan fingerprint density at radius 1 is 1.56 bits per heavy atom. The van der Waals surface area contributed by atoms with Crippen molar-refractivity contribution >= 4 is 33.2 Å². The highest BCUT2D eigenvalue weighted by atomic mass is 79.9. The largest absolute Gasteiger partial charge is 0.397 e. The summed E-state index contributed by atoms with van der Waals surface area (Å²) in [5.74, 6) is -0.0612. The van der Waals surface area contributed by atoms with Gasteiger partial charge in [-0.2, -0.15) is 0 Å². The average molecular weight is 316 g/mol. The number of carbonyl (C=O) groups excluding carboxylic acids is 1. The monoisotopic (exact) mass is 315 g/mol. The number of halogens is 1. The van der Waals surface area contributed by atoms with Crippen LogP contribution in [0.5, 0.6) is 0 Å². The zero-order valence-corrected chi connectivity index (χ0v) is 12.2. The van der Waals surface area contributed by atoms with Crippen LogP contribution in [-0.4, -0.2) is 39.8 Å². The molecule has 0 atom stereocenters. The van der Waals surface area contributed by atoms with Gasteiger partial charge in [-0.15, -0.1) is 0 Å². The van der Waals surface area contributed by atoms with E-state index in [0.29, 0.717) is 18.8 Å². The van der Waals surface area contributed by atoms with Crippen LogP contribution in [-0.2, 0) is 9.53 Å². The molecule has 0 heterocycles. The summed E-state index contributed by atoms with van der Waals surface area (Å²) in [5.41, 5.74) is 7.34. The number of nitrogen functional groups attached to an aromatic ring is 1. The third-order valence-corrected chi connectivity index (χ3v) is 2.91. The van der Waals surface area contributed by atoms with Crippen LogP contribution < -0.4 is 16.0 Å². The maximum atomic E-state index is 11.6. The number of amides is 1. The molecule has 6 heteroatoms. The fourth-order valence-corrected chi connectivity index (χ4v) is 1.85. The highest BCUT2D eigenvalue weighted by molar-refractivity contribution is 9.10. The van der Waals surface area contributed by atoms with Gasteiger partial charge < -0.3 is 20.7 Å². The van der Waals surface area contributed by atoms with Crippen molar-refractivity contribution in [2.75, 3.05) is 44.5 Å². The molecule has 0 saturated carbocycles. The van der Waals surface area contributed by atoms with Crippen LogP contribution in [0.15, 0.2) is 22.7 Å². The molecule has 0 radical (unpaired) electrons. The lowest BCUT2D eigenvalue weighted by Crippen LogP contribution is -2.36. The van der Waals surface area contributed by atoms with E-state index < -0.39 is 0 Å². The molecule has 3 N–H and O–H groups in total. The molecular formula is C12H18BrN3O2. The Hall–Kier alpha value is -1.27. The molecule has 0 saturated heterocycles. The van der Waals surface area contributed by atoms with Crippen LogP contribution in [0.1, 0.15) is 0 Å². The minimum Gasteiger partial charge on any atom is -0.397 e. The number of rotatable bonds is 6. The van der Waals surface area contributed by atoms with Crippen molar-refractivity contribution in [3.63, 3.8) is 0 Å². The molecule has 0 spiro atoms. The molecule has 1 aromatic carbocycles. The molecule has 0 aliphatic carbocycles. The average Bonchev–Trinajstić information content (AvgIpc) is 2.32. The number of nitrogens with two attached hydrogens (primary N) is 1. The molecule has 1 rings (SSSR count). The Labute approximate surface area is 115 Å². The molecule has 0 aromatic heterocycles. The van der Waals surface area contributed by atoms with Gasteiger partial charge in [0.15, 0.2) is 0 Å². The van der Waals surface area contributed by atoms with Gasteiger partial charge in [0.2, 0.25) is 5.91 Å². The van der Waals surface area contributed by atoms with Gasteiger partial charge in [0.1, 0.15) is 0 Å². The fourth-order valence-electron chi connectivity index (χ4n) is 1.50. The SMILES string of the molecule is COCCNC(=O)CN(C)c1cc(Br)ccc1N. The molecule has 0 aliphatic rings. The van der Waals surface area contributed by atoms with Crippen molar-refractivity contribution in [1.29, 1.82) is 0 Å². The van der Waals surface area contributed by atoms with E-state index in [1.165, 1.54) is 0 Å². The molecule has 0 fully saturated rings. The van der Waals surface area contributed by atoms with Gasteiger partial charge in [0.25, 0.3) is 0 Å². The molecule has 1 amide bonds. The number of hydrogen-bond donors (Lipinski definition) is 2. The van der Waals surface area contributed by atoms with Crippen LogP contribution in [0.25, 0.3) is 0 Å². The Morgan fingerprint density at radius 2 is 2.28 bits per heavy atom. The molecule has 0 aliphatic heterocycles. The minimum absolute atomic E-state index is 0.0612. The molecule has 5 nitrogen and oxygen atoms in total. The molecule has 0 bridgehead atoms. The number of benzene rings is 1. The Balaban J connectivity index is 2.56. The predicted molar refractivity (Wildman–Crippen MR) is 76.7 cm³/mol. The third kappa shape index (κ3) is 4.54. The van der Waals surface area contributed by atoms with Crippen LogP contribution in [0.3, 0.4) is 0 Å². The van der Waals surface area contributed by atoms with E-state index in [4.69, 9.17) is 10.5 Å². The van der Waals surface area contributed by atoms with Gasteiger partial charge in [-0.25, -0.2) is 0 Å². The number of nitrogens with zero attached hydrogens (tertiary/aromatic N) is 1. The molecule has 18 heavy (non-hydrogen) atoms. The predicted octanol–water partition coefficient (Wildman–Crippen LogP) is 1.23. The summed E-state index contributed by atoms with van der Waals surface area (Å²) in [6, 6.07) is 5.56. The van der Waals surface area contributed by atoms with Gasteiger partial charge in [-0.05, 0) is 18.2 Å². The normalized spacial score (nSPS) is 10.2. The smallest absolute Gasteiger partial charge is 0.239 e. The zero-order valence-electron chi connectivity index (χ0n) is 10.6. The van der Waals surface area contributed by atoms with Gasteiger partial charge in [-0.1, -0.05) is 15.9 Å². The Morgan fingerprint density at radius 3 is 2.94 bits per heavy atom. The molecule has 0 unspecified atom stereocenters. The van der Waals surface area contributed by atoms with Crippen LogP contribution in [0.2, 0.25) is 0 Å². The number of ether oxygens (including phenoxy) is 1. The summed E-state index contributed by atoms with van der Waals surface area (Å²) >= 11 is 3.38. The Kier molecular flexibility index (Phi) is 5.94. The van der Waals surface area contributed by atoms with Gasteiger partial charge in [-0.3, -0.25) is 4.79 Å². The van der Waals surface area contributed by atoms with Crippen molar-refractivity contribution in [3.8, 4) is 0 Å². The van der Waals surface area contributed by atoms with Gasteiger partial charge in [0.05, 0.1) is 24.5 Å². The van der Waals surface area contributed by atoms with Crippen molar-refractivity contribution in [1.82, 2.24) is 5.32 Å². The number of hydrogen-bond acceptors (Lipinski definition) is 4. The topological polar surface area (TPSA) is 67.6 Å². The lowest BCUT2D eigenvalue weighted by Gasteiger charge is -2.20. The zero-order chi connectivity index (χ0) is 13.5. The Bertz CT molecular complexity index is 412. The number of methoxy groups -OCH3 is 1. The summed E-state index contributed by atoms with van der Waals surface area (Å²) in [6.07, 6.45) is 0. The second-order valence-corrected chi connectivity index (χ2v) is 4.82. The molecule has 100 valence electrons. The van der Waals surface area contributed by atoms with E-state index >= 15 is 0 Å². The van der Waals surface area contributed by atoms with Crippen LogP contribution >= 0.6 is 15.9 Å². The maximum Gasteiger partial charge on any atom is 0.239 e. The second-order valence-electron chi connectivity index (χ2n) is 3.90. The second kappa shape index (κ2) is 7.23. The highest BCUT2D eigenvalue weighted by Crippen LogP contribution is 2.25. The molecular weight excluding hydrogens is 298 g/mol. The third-order valence-electron chi connectivity index (χ3n) is 2.41. The van der Waals surface area contributed by atoms with E-state index in [1.807, 2.05) is 24.1 Å². The van der Waals surface area contributed by atoms with Gasteiger partial charge in [0, 0.05) is 25.2 Å². The number of anilines is 2. The summed E-state index contributed by atoms with van der Waals surface area (Å²) in [7, 11) is 3.43.